The van der Waals surface area contributed by atoms with Gasteiger partial charge in [-0.05, 0) is 36.6 Å². The first-order valence-corrected chi connectivity index (χ1v) is 8.82. The molecule has 4 N–H and O–H groups in total. The summed E-state index contributed by atoms with van der Waals surface area (Å²) >= 11 is 0. The number of nitrogens with one attached hydrogen (secondary N) is 3. The Morgan fingerprint density at radius 3 is 2.67 bits per heavy atom. The van der Waals surface area contributed by atoms with E-state index in [9.17, 15) is 14.7 Å². The van der Waals surface area contributed by atoms with Crippen molar-refractivity contribution in [1.82, 2.24) is 15.6 Å². The number of carboxylic acid groups (broad SMARTS) is 1. The number of hydrogen-bond acceptors (Lipinski definition) is 2. The number of benzene rings is 2. The predicted octanol–water partition coefficient (Wildman–Crippen LogP) is 3.28. The van der Waals surface area contributed by atoms with Gasteiger partial charge in [-0.3, -0.25) is 0 Å². The maximum Gasteiger partial charge on any atom is 0.326 e. The van der Waals surface area contributed by atoms with Crippen molar-refractivity contribution < 1.29 is 14.7 Å². The lowest BCUT2D eigenvalue weighted by molar-refractivity contribution is -0.139. The fourth-order valence-electron chi connectivity index (χ4n) is 3.10. The maximum atomic E-state index is 12.2. The van der Waals surface area contributed by atoms with Gasteiger partial charge in [0.2, 0.25) is 0 Å². The highest BCUT2D eigenvalue weighted by atomic mass is 16.4. The number of urea groups is 1. The van der Waals surface area contributed by atoms with Gasteiger partial charge in [0.1, 0.15) is 6.04 Å². The standard InChI is InChI=1S/C21H23N3O3/c1-13-7-8-14(2)15(9-13)11-23-21(27)24-19(20(25)26)10-16-12-22-18-6-4-3-5-17(16)18/h3-9,12,19,22H,10-11H2,1-2H3,(H,25,26)(H2,23,24,27). The minimum atomic E-state index is -1.07. The van der Waals surface area contributed by atoms with Crippen molar-refractivity contribution in [2.45, 2.75) is 32.9 Å². The number of carbonyl (C=O) groups is 2. The number of aliphatic carboxylic acids is 1. The summed E-state index contributed by atoms with van der Waals surface area (Å²) in [4.78, 5) is 27.0. The first-order valence-electron chi connectivity index (χ1n) is 8.82. The lowest BCUT2D eigenvalue weighted by Gasteiger charge is -2.16. The zero-order valence-corrected chi connectivity index (χ0v) is 15.4. The van der Waals surface area contributed by atoms with E-state index in [1.807, 2.05) is 56.3 Å². The summed E-state index contributed by atoms with van der Waals surface area (Å²) in [5.74, 6) is -1.07. The van der Waals surface area contributed by atoms with Crippen LogP contribution in [0.15, 0.2) is 48.7 Å². The molecule has 3 rings (SSSR count). The van der Waals surface area contributed by atoms with Gasteiger partial charge in [-0.1, -0.05) is 42.0 Å². The lowest BCUT2D eigenvalue weighted by Crippen LogP contribution is -2.46. The predicted molar refractivity (Wildman–Crippen MR) is 105 cm³/mol. The first-order chi connectivity index (χ1) is 12.9. The molecule has 0 spiro atoms. The summed E-state index contributed by atoms with van der Waals surface area (Å²) in [6.07, 6.45) is 1.99. The Kier molecular flexibility index (Phi) is 5.45. The topological polar surface area (TPSA) is 94.2 Å². The average Bonchev–Trinajstić information content (AvgIpc) is 3.05. The lowest BCUT2D eigenvalue weighted by atomic mass is 10.0. The van der Waals surface area contributed by atoms with E-state index in [4.69, 9.17) is 0 Å². The number of amides is 2. The van der Waals surface area contributed by atoms with E-state index in [1.54, 1.807) is 6.20 Å². The number of rotatable bonds is 6. The normalized spacial score (nSPS) is 11.9. The Morgan fingerprint density at radius 1 is 1.11 bits per heavy atom. The van der Waals surface area contributed by atoms with Crippen LogP contribution in [0.25, 0.3) is 10.9 Å². The van der Waals surface area contributed by atoms with E-state index in [-0.39, 0.29) is 6.42 Å². The quantitative estimate of drug-likeness (QED) is 0.540. The van der Waals surface area contributed by atoms with Crippen molar-refractivity contribution >= 4 is 22.9 Å². The van der Waals surface area contributed by atoms with Gasteiger partial charge in [0.05, 0.1) is 0 Å². The summed E-state index contributed by atoms with van der Waals surface area (Å²) in [7, 11) is 0. The van der Waals surface area contributed by atoms with Gasteiger partial charge in [0.25, 0.3) is 0 Å². The molecule has 2 amide bonds. The van der Waals surface area contributed by atoms with E-state index < -0.39 is 18.0 Å². The average molecular weight is 365 g/mol. The van der Waals surface area contributed by atoms with Crippen LogP contribution in [0.3, 0.4) is 0 Å². The van der Waals surface area contributed by atoms with Gasteiger partial charge in [-0.2, -0.15) is 0 Å². The molecule has 1 aromatic heterocycles. The fraction of sp³-hybridized carbons (Fsp3) is 0.238. The van der Waals surface area contributed by atoms with Gasteiger partial charge in [-0.15, -0.1) is 0 Å². The molecule has 0 saturated carbocycles. The molecule has 1 unspecified atom stereocenters. The Hall–Kier alpha value is -3.28. The van der Waals surface area contributed by atoms with E-state index in [2.05, 4.69) is 15.6 Å². The largest absolute Gasteiger partial charge is 0.480 e. The third-order valence-corrected chi connectivity index (χ3v) is 4.65. The molecular formula is C21H23N3O3. The van der Waals surface area contributed by atoms with Gasteiger partial charge >= 0.3 is 12.0 Å². The molecule has 6 heteroatoms. The molecule has 0 aliphatic rings. The fourth-order valence-corrected chi connectivity index (χ4v) is 3.10. The second kappa shape index (κ2) is 7.95. The number of aryl methyl sites for hydroxylation is 2. The molecule has 0 bridgehead atoms. The minimum absolute atomic E-state index is 0.205. The van der Waals surface area contributed by atoms with E-state index in [1.165, 1.54) is 0 Å². The number of hydrogen-bond donors (Lipinski definition) is 4. The summed E-state index contributed by atoms with van der Waals surface area (Å²) < 4.78 is 0. The zero-order chi connectivity index (χ0) is 19.4. The molecule has 2 aromatic carbocycles. The molecule has 0 radical (unpaired) electrons. The van der Waals surface area contributed by atoms with Crippen LogP contribution in [0.5, 0.6) is 0 Å². The Morgan fingerprint density at radius 2 is 1.89 bits per heavy atom. The molecule has 140 valence electrons. The summed E-state index contributed by atoms with van der Waals surface area (Å²) in [5.41, 5.74) is 4.99. The van der Waals surface area contributed by atoms with Crippen LogP contribution in [-0.2, 0) is 17.8 Å². The number of H-pyrrole nitrogens is 1. The van der Waals surface area contributed by atoms with Gasteiger partial charge in [0.15, 0.2) is 0 Å². The maximum absolute atomic E-state index is 12.2. The van der Waals surface area contributed by atoms with Crippen molar-refractivity contribution in [3.63, 3.8) is 0 Å². The van der Waals surface area contributed by atoms with Crippen molar-refractivity contribution in [1.29, 1.82) is 0 Å². The van der Waals surface area contributed by atoms with Crippen LogP contribution in [0.4, 0.5) is 4.79 Å². The SMILES string of the molecule is Cc1ccc(C)c(CNC(=O)NC(Cc2c[nH]c3ccccc23)C(=O)O)c1. The third-order valence-electron chi connectivity index (χ3n) is 4.65. The second-order valence-corrected chi connectivity index (χ2v) is 6.71. The molecule has 0 saturated heterocycles. The molecule has 27 heavy (non-hydrogen) atoms. The highest BCUT2D eigenvalue weighted by Gasteiger charge is 2.21. The van der Waals surface area contributed by atoms with Crippen LogP contribution < -0.4 is 10.6 Å². The second-order valence-electron chi connectivity index (χ2n) is 6.71. The molecule has 1 atom stereocenters. The summed E-state index contributed by atoms with van der Waals surface area (Å²) in [6.45, 7) is 4.31. The van der Waals surface area contributed by atoms with E-state index >= 15 is 0 Å². The van der Waals surface area contributed by atoms with Crippen LogP contribution in [-0.4, -0.2) is 28.1 Å². The first kappa shape index (κ1) is 18.5. The number of carbonyl (C=O) groups excluding carboxylic acids is 1. The molecule has 0 aliphatic carbocycles. The number of aromatic amines is 1. The Labute approximate surface area is 157 Å². The molecule has 0 aliphatic heterocycles. The van der Waals surface area contributed by atoms with Gasteiger partial charge in [0, 0.05) is 30.1 Å². The molecular weight excluding hydrogens is 342 g/mol. The van der Waals surface area contributed by atoms with Crippen molar-refractivity contribution in [2.24, 2.45) is 0 Å². The number of para-hydroxylation sites is 1. The van der Waals surface area contributed by atoms with E-state index in [0.29, 0.717) is 6.54 Å². The monoisotopic (exact) mass is 365 g/mol. The smallest absolute Gasteiger partial charge is 0.326 e. The zero-order valence-electron chi connectivity index (χ0n) is 15.4. The summed E-state index contributed by atoms with van der Waals surface area (Å²) in [5, 5.41) is 15.8. The highest BCUT2D eigenvalue weighted by molar-refractivity contribution is 5.86. The highest BCUT2D eigenvalue weighted by Crippen LogP contribution is 2.19. The Balaban J connectivity index is 1.64. The minimum Gasteiger partial charge on any atom is -0.480 e. The molecule has 0 fully saturated rings. The van der Waals surface area contributed by atoms with Crippen molar-refractivity contribution in [3.05, 3.63) is 70.9 Å². The van der Waals surface area contributed by atoms with Crippen LogP contribution in [0.2, 0.25) is 0 Å². The van der Waals surface area contributed by atoms with Crippen LogP contribution >= 0.6 is 0 Å². The third kappa shape index (κ3) is 4.47. The van der Waals surface area contributed by atoms with Crippen molar-refractivity contribution in [2.75, 3.05) is 0 Å². The number of carboxylic acids is 1. The van der Waals surface area contributed by atoms with E-state index in [0.717, 1.165) is 33.2 Å². The molecule has 1 heterocycles. The van der Waals surface area contributed by atoms with Crippen molar-refractivity contribution in [3.8, 4) is 0 Å². The summed E-state index contributed by atoms with van der Waals surface area (Å²) in [6, 6.07) is 12.2. The van der Waals surface area contributed by atoms with Crippen LogP contribution in [0.1, 0.15) is 22.3 Å². The number of fused-ring (bicyclic) bond motifs is 1. The Bertz CT molecular complexity index is 978. The molecule has 6 nitrogen and oxygen atoms in total. The molecule has 3 aromatic rings. The van der Waals surface area contributed by atoms with Gasteiger partial charge in [-0.25, -0.2) is 9.59 Å². The van der Waals surface area contributed by atoms with Crippen LogP contribution in [0, 0.1) is 13.8 Å². The number of aromatic nitrogens is 1. The van der Waals surface area contributed by atoms with Gasteiger partial charge < -0.3 is 20.7 Å².